The predicted molar refractivity (Wildman–Crippen MR) is 73.5 cm³/mol. The molecule has 0 amide bonds. The minimum atomic E-state index is -0.273. The van der Waals surface area contributed by atoms with Crippen LogP contribution >= 0.6 is 0 Å². The van der Waals surface area contributed by atoms with Gasteiger partial charge in [0.05, 0.1) is 12.1 Å². The minimum Gasteiger partial charge on any atom is -0.464 e. The summed E-state index contributed by atoms with van der Waals surface area (Å²) >= 11 is 0. The van der Waals surface area contributed by atoms with Gasteiger partial charge in [-0.25, -0.2) is 0 Å². The summed E-state index contributed by atoms with van der Waals surface area (Å²) in [7, 11) is 0. The number of hydrogen-bond acceptors (Lipinski definition) is 4. The average molecular weight is 270 g/mol. The van der Waals surface area contributed by atoms with Gasteiger partial charge in [0.2, 0.25) is 0 Å². The average Bonchev–Trinajstić information content (AvgIpc) is 3.04. The van der Waals surface area contributed by atoms with Crippen LogP contribution in [0.2, 0.25) is 0 Å². The summed E-state index contributed by atoms with van der Waals surface area (Å²) < 4.78 is 8.73. The van der Waals surface area contributed by atoms with Gasteiger partial charge in [0.15, 0.2) is 0 Å². The lowest BCUT2D eigenvalue weighted by atomic mass is 10.3. The molecule has 0 saturated heterocycles. The normalized spacial score (nSPS) is 10.8. The van der Waals surface area contributed by atoms with Crippen molar-refractivity contribution < 1.29 is 9.53 Å². The van der Waals surface area contributed by atoms with Gasteiger partial charge < -0.3 is 9.30 Å². The SMILES string of the molecule is CC(=O)OCCn1cccc1-n1nnc2ccccc21. The van der Waals surface area contributed by atoms with Gasteiger partial charge in [0.25, 0.3) is 0 Å². The van der Waals surface area contributed by atoms with Crippen LogP contribution in [-0.4, -0.2) is 32.1 Å². The van der Waals surface area contributed by atoms with Gasteiger partial charge in [-0.05, 0) is 24.3 Å². The van der Waals surface area contributed by atoms with Gasteiger partial charge in [-0.3, -0.25) is 4.79 Å². The first kappa shape index (κ1) is 12.4. The predicted octanol–water partition coefficient (Wildman–Crippen LogP) is 1.79. The van der Waals surface area contributed by atoms with Gasteiger partial charge in [-0.1, -0.05) is 17.3 Å². The molecule has 0 aliphatic rings. The Kier molecular flexibility index (Phi) is 3.20. The maximum absolute atomic E-state index is 10.8. The monoisotopic (exact) mass is 270 g/mol. The van der Waals surface area contributed by atoms with Crippen molar-refractivity contribution in [1.29, 1.82) is 0 Å². The molecule has 102 valence electrons. The lowest BCUT2D eigenvalue weighted by Crippen LogP contribution is -2.12. The Morgan fingerprint density at radius 1 is 1.25 bits per heavy atom. The maximum atomic E-state index is 10.8. The zero-order chi connectivity index (χ0) is 13.9. The number of benzene rings is 1. The van der Waals surface area contributed by atoms with Gasteiger partial charge >= 0.3 is 5.97 Å². The molecule has 2 heterocycles. The van der Waals surface area contributed by atoms with Crippen LogP contribution in [0.15, 0.2) is 42.6 Å². The van der Waals surface area contributed by atoms with Crippen molar-refractivity contribution in [2.24, 2.45) is 0 Å². The fourth-order valence-electron chi connectivity index (χ4n) is 2.11. The standard InChI is InChI=1S/C14H14N4O2/c1-11(19)20-10-9-17-8-4-7-14(17)18-13-6-3-2-5-12(13)15-16-18/h2-8H,9-10H2,1H3. The van der Waals surface area contributed by atoms with E-state index in [2.05, 4.69) is 10.3 Å². The first-order valence-corrected chi connectivity index (χ1v) is 6.35. The van der Waals surface area contributed by atoms with Crippen LogP contribution in [0.1, 0.15) is 6.92 Å². The molecule has 0 unspecified atom stereocenters. The van der Waals surface area contributed by atoms with Crippen molar-refractivity contribution in [2.45, 2.75) is 13.5 Å². The van der Waals surface area contributed by atoms with Crippen molar-refractivity contribution in [2.75, 3.05) is 6.61 Å². The van der Waals surface area contributed by atoms with Crippen molar-refractivity contribution in [3.8, 4) is 5.82 Å². The second kappa shape index (κ2) is 5.16. The van der Waals surface area contributed by atoms with Gasteiger partial charge in [0.1, 0.15) is 17.9 Å². The summed E-state index contributed by atoms with van der Waals surface area (Å²) in [6.45, 7) is 2.32. The van der Waals surface area contributed by atoms with Crippen LogP contribution in [0.25, 0.3) is 16.9 Å². The number of carbonyl (C=O) groups is 1. The molecule has 0 N–H and O–H groups in total. The molecule has 0 bridgehead atoms. The second-order valence-electron chi connectivity index (χ2n) is 4.39. The minimum absolute atomic E-state index is 0.273. The summed E-state index contributed by atoms with van der Waals surface area (Å²) in [5.41, 5.74) is 1.79. The number of aromatic nitrogens is 4. The van der Waals surface area contributed by atoms with Crippen LogP contribution in [0.3, 0.4) is 0 Å². The molecule has 1 aromatic carbocycles. The molecule has 20 heavy (non-hydrogen) atoms. The number of esters is 1. The highest BCUT2D eigenvalue weighted by molar-refractivity contribution is 5.75. The third-order valence-electron chi connectivity index (χ3n) is 3.01. The summed E-state index contributed by atoms with van der Waals surface area (Å²) in [4.78, 5) is 10.8. The summed E-state index contributed by atoms with van der Waals surface area (Å²) in [6, 6.07) is 11.7. The Morgan fingerprint density at radius 2 is 2.10 bits per heavy atom. The van der Waals surface area contributed by atoms with E-state index in [9.17, 15) is 4.79 Å². The maximum Gasteiger partial charge on any atom is 0.302 e. The van der Waals surface area contributed by atoms with Crippen LogP contribution in [0.4, 0.5) is 0 Å². The second-order valence-corrected chi connectivity index (χ2v) is 4.39. The molecule has 6 nitrogen and oxygen atoms in total. The largest absolute Gasteiger partial charge is 0.464 e. The Balaban J connectivity index is 1.91. The number of fused-ring (bicyclic) bond motifs is 1. The zero-order valence-electron chi connectivity index (χ0n) is 11.1. The Bertz CT molecular complexity index is 744. The fraction of sp³-hybridized carbons (Fsp3) is 0.214. The van der Waals surface area contributed by atoms with Crippen LogP contribution in [-0.2, 0) is 16.1 Å². The van der Waals surface area contributed by atoms with E-state index < -0.39 is 0 Å². The van der Waals surface area contributed by atoms with Crippen LogP contribution < -0.4 is 0 Å². The highest BCUT2D eigenvalue weighted by atomic mass is 16.5. The van der Waals surface area contributed by atoms with Crippen LogP contribution in [0.5, 0.6) is 0 Å². The van der Waals surface area contributed by atoms with E-state index >= 15 is 0 Å². The molecular weight excluding hydrogens is 256 g/mol. The van der Waals surface area contributed by atoms with E-state index in [4.69, 9.17) is 4.74 Å². The van der Waals surface area contributed by atoms with Gasteiger partial charge in [-0.15, -0.1) is 5.10 Å². The number of nitrogens with zero attached hydrogens (tertiary/aromatic N) is 4. The molecule has 0 aliphatic heterocycles. The molecule has 0 saturated carbocycles. The van der Waals surface area contributed by atoms with E-state index in [1.54, 1.807) is 4.68 Å². The van der Waals surface area contributed by atoms with Gasteiger partial charge in [-0.2, -0.15) is 4.68 Å². The third kappa shape index (κ3) is 2.27. The molecule has 0 radical (unpaired) electrons. The number of ether oxygens (including phenoxy) is 1. The first-order chi connectivity index (χ1) is 9.75. The number of hydrogen-bond donors (Lipinski definition) is 0. The van der Waals surface area contributed by atoms with Gasteiger partial charge in [0, 0.05) is 13.1 Å². The zero-order valence-corrected chi connectivity index (χ0v) is 11.1. The van der Waals surface area contributed by atoms with E-state index in [0.29, 0.717) is 13.2 Å². The van der Waals surface area contributed by atoms with Crippen molar-refractivity contribution in [1.82, 2.24) is 19.6 Å². The lowest BCUT2D eigenvalue weighted by molar-refractivity contribution is -0.141. The number of para-hydroxylation sites is 1. The van der Waals surface area contributed by atoms with E-state index in [0.717, 1.165) is 16.9 Å². The van der Waals surface area contributed by atoms with Crippen LogP contribution in [0, 0.1) is 0 Å². The molecule has 6 heteroatoms. The van der Waals surface area contributed by atoms with E-state index in [-0.39, 0.29) is 5.97 Å². The number of rotatable bonds is 4. The molecule has 0 aliphatic carbocycles. The quantitative estimate of drug-likeness (QED) is 0.678. The van der Waals surface area contributed by atoms with E-state index in [1.165, 1.54) is 6.92 Å². The lowest BCUT2D eigenvalue weighted by Gasteiger charge is -2.09. The summed E-state index contributed by atoms with van der Waals surface area (Å²) in [5, 5.41) is 8.32. The molecule has 0 atom stereocenters. The highest BCUT2D eigenvalue weighted by Crippen LogP contribution is 2.16. The Labute approximate surface area is 115 Å². The van der Waals surface area contributed by atoms with Crippen molar-refractivity contribution in [3.63, 3.8) is 0 Å². The van der Waals surface area contributed by atoms with E-state index in [1.807, 2.05) is 47.2 Å². The van der Waals surface area contributed by atoms with Crippen molar-refractivity contribution >= 4 is 17.0 Å². The Hall–Kier alpha value is -2.63. The molecule has 0 fully saturated rings. The van der Waals surface area contributed by atoms with Crippen molar-refractivity contribution in [3.05, 3.63) is 42.6 Å². The highest BCUT2D eigenvalue weighted by Gasteiger charge is 2.09. The molecule has 0 spiro atoms. The summed E-state index contributed by atoms with van der Waals surface area (Å²) in [6.07, 6.45) is 1.93. The first-order valence-electron chi connectivity index (χ1n) is 6.35. The smallest absolute Gasteiger partial charge is 0.302 e. The topological polar surface area (TPSA) is 61.9 Å². The Morgan fingerprint density at radius 3 is 2.95 bits per heavy atom. The molecule has 3 rings (SSSR count). The third-order valence-corrected chi connectivity index (χ3v) is 3.01. The fourth-order valence-corrected chi connectivity index (χ4v) is 2.11. The summed E-state index contributed by atoms with van der Waals surface area (Å²) in [5.74, 6) is 0.621. The molecular formula is C14H14N4O2. The molecule has 2 aromatic heterocycles. The number of carbonyl (C=O) groups excluding carboxylic acids is 1. The molecule has 3 aromatic rings.